The summed E-state index contributed by atoms with van der Waals surface area (Å²) in [5.74, 6) is 0.621. The smallest absolute Gasteiger partial charge is 0.151 e. The van der Waals surface area contributed by atoms with Crippen LogP contribution in [0.25, 0.3) is 0 Å². The molecule has 0 fully saturated rings. The van der Waals surface area contributed by atoms with Crippen molar-refractivity contribution < 1.29 is 4.74 Å². The van der Waals surface area contributed by atoms with Crippen molar-refractivity contribution in [2.45, 2.75) is 39.7 Å². The van der Waals surface area contributed by atoms with E-state index in [1.165, 1.54) is 0 Å². The third-order valence-corrected chi connectivity index (χ3v) is 2.24. The van der Waals surface area contributed by atoms with E-state index in [-0.39, 0.29) is 6.04 Å². The van der Waals surface area contributed by atoms with Gasteiger partial charge in [-0.3, -0.25) is 4.99 Å². The Hall–Kier alpha value is -1.16. The Morgan fingerprint density at radius 2 is 2.12 bits per heavy atom. The quantitative estimate of drug-likeness (QED) is 0.556. The highest BCUT2D eigenvalue weighted by atomic mass is 16.5. The number of hydrogen-bond acceptors (Lipinski definition) is 3. The lowest BCUT2D eigenvalue weighted by Crippen LogP contribution is -2.13. The summed E-state index contributed by atoms with van der Waals surface area (Å²) >= 11 is 0. The summed E-state index contributed by atoms with van der Waals surface area (Å²) in [6.07, 6.45) is 1.88. The van der Waals surface area contributed by atoms with E-state index in [9.17, 15) is 0 Å². The fourth-order valence-corrected chi connectivity index (χ4v) is 1.34. The van der Waals surface area contributed by atoms with Gasteiger partial charge in [0.25, 0.3) is 0 Å². The van der Waals surface area contributed by atoms with Gasteiger partial charge in [-0.1, -0.05) is 13.3 Å². The molecule has 0 saturated heterocycles. The third kappa shape index (κ3) is 5.07. The van der Waals surface area contributed by atoms with Gasteiger partial charge in [0.15, 0.2) is 5.84 Å². The Morgan fingerprint density at radius 1 is 1.50 bits per heavy atom. The highest BCUT2D eigenvalue weighted by Gasteiger charge is 2.06. The second kappa shape index (κ2) is 8.05. The second-order valence-corrected chi connectivity index (χ2v) is 3.82. The lowest BCUT2D eigenvalue weighted by molar-refractivity contribution is 0.186. The van der Waals surface area contributed by atoms with Crippen LogP contribution in [0, 0.1) is 0 Å². The standard InChI is InChI=1S/C12H23N3O/c1-6-7-11(13)10(3)12(14-4)15-9(2)8-16-5/h9H,4,6-8,13H2,1-3,5H3/t9-/m1/s1. The molecule has 0 unspecified atom stereocenters. The van der Waals surface area contributed by atoms with Crippen LogP contribution in [-0.4, -0.2) is 32.3 Å². The Balaban J connectivity index is 4.84. The molecule has 0 aliphatic rings. The van der Waals surface area contributed by atoms with E-state index in [1.807, 2.05) is 13.8 Å². The number of rotatable bonds is 6. The van der Waals surface area contributed by atoms with Crippen LogP contribution < -0.4 is 5.73 Å². The van der Waals surface area contributed by atoms with Gasteiger partial charge in [-0.2, -0.15) is 0 Å². The van der Waals surface area contributed by atoms with Gasteiger partial charge in [-0.25, -0.2) is 4.99 Å². The van der Waals surface area contributed by atoms with Crippen molar-refractivity contribution in [1.29, 1.82) is 0 Å². The molecule has 2 N–H and O–H groups in total. The SMILES string of the molecule is C=NC(=N[C@H](C)COC)C(C)=C(N)CCC. The Kier molecular flexibility index (Phi) is 7.46. The Bertz CT molecular complexity index is 282. The molecule has 4 nitrogen and oxygen atoms in total. The number of nitrogens with two attached hydrogens (primary N) is 1. The molecule has 4 heteroatoms. The summed E-state index contributed by atoms with van der Waals surface area (Å²) < 4.78 is 5.02. The van der Waals surface area contributed by atoms with Crippen LogP contribution >= 0.6 is 0 Å². The van der Waals surface area contributed by atoms with E-state index in [0.717, 1.165) is 24.1 Å². The maximum atomic E-state index is 5.93. The minimum atomic E-state index is 0.0647. The number of amidine groups is 1. The molecule has 0 aromatic heterocycles. The second-order valence-electron chi connectivity index (χ2n) is 3.82. The first-order chi connectivity index (χ1) is 7.56. The van der Waals surface area contributed by atoms with Gasteiger partial charge in [0, 0.05) is 18.4 Å². The molecule has 0 rings (SSSR count). The highest BCUT2D eigenvalue weighted by molar-refractivity contribution is 6.01. The van der Waals surface area contributed by atoms with Gasteiger partial charge >= 0.3 is 0 Å². The normalized spacial score (nSPS) is 15.6. The first-order valence-corrected chi connectivity index (χ1v) is 5.55. The van der Waals surface area contributed by atoms with E-state index in [1.54, 1.807) is 7.11 Å². The van der Waals surface area contributed by atoms with Crippen molar-refractivity contribution in [3.8, 4) is 0 Å². The number of ether oxygens (including phenoxy) is 1. The Labute approximate surface area is 98.3 Å². The van der Waals surface area contributed by atoms with Gasteiger partial charge in [0.05, 0.1) is 12.6 Å². The van der Waals surface area contributed by atoms with Crippen LogP contribution in [0.2, 0.25) is 0 Å². The maximum absolute atomic E-state index is 5.93. The number of allylic oxidation sites excluding steroid dienone is 1. The molecular weight excluding hydrogens is 202 g/mol. The van der Waals surface area contributed by atoms with E-state index in [4.69, 9.17) is 10.5 Å². The summed E-state index contributed by atoms with van der Waals surface area (Å²) in [6.45, 7) is 10.1. The zero-order valence-electron chi connectivity index (χ0n) is 10.8. The maximum Gasteiger partial charge on any atom is 0.151 e. The van der Waals surface area contributed by atoms with Crippen LogP contribution in [0.1, 0.15) is 33.6 Å². The van der Waals surface area contributed by atoms with Gasteiger partial charge in [-0.05, 0) is 27.0 Å². The monoisotopic (exact) mass is 225 g/mol. The van der Waals surface area contributed by atoms with Gasteiger partial charge in [0.1, 0.15) is 0 Å². The van der Waals surface area contributed by atoms with Crippen LogP contribution in [0.3, 0.4) is 0 Å². The van der Waals surface area contributed by atoms with E-state index in [2.05, 4.69) is 23.6 Å². The summed E-state index contributed by atoms with van der Waals surface area (Å²) in [7, 11) is 1.65. The molecule has 0 aromatic carbocycles. The first-order valence-electron chi connectivity index (χ1n) is 5.55. The number of nitrogens with zero attached hydrogens (tertiary/aromatic N) is 2. The van der Waals surface area contributed by atoms with Gasteiger partial charge < -0.3 is 10.5 Å². The molecule has 0 amide bonds. The molecule has 0 saturated carbocycles. The molecule has 16 heavy (non-hydrogen) atoms. The molecular formula is C12H23N3O. The summed E-state index contributed by atoms with van der Waals surface area (Å²) in [6, 6.07) is 0.0647. The molecule has 0 radical (unpaired) electrons. The van der Waals surface area contributed by atoms with Crippen molar-refractivity contribution in [2.24, 2.45) is 15.7 Å². The fourth-order valence-electron chi connectivity index (χ4n) is 1.34. The molecule has 0 spiro atoms. The average Bonchev–Trinajstić information content (AvgIpc) is 2.25. The van der Waals surface area contributed by atoms with Gasteiger partial charge in [0.2, 0.25) is 0 Å². The molecule has 0 aromatic rings. The van der Waals surface area contributed by atoms with Gasteiger partial charge in [-0.15, -0.1) is 0 Å². The molecule has 1 atom stereocenters. The number of aliphatic imine (C=N–C) groups is 2. The molecule has 0 heterocycles. The zero-order valence-corrected chi connectivity index (χ0v) is 10.8. The predicted octanol–water partition coefficient (Wildman–Crippen LogP) is 2.15. The molecule has 0 bridgehead atoms. The predicted molar refractivity (Wildman–Crippen MR) is 70.1 cm³/mol. The summed E-state index contributed by atoms with van der Waals surface area (Å²) in [5.41, 5.74) is 7.68. The number of methoxy groups -OCH3 is 1. The molecule has 0 aliphatic heterocycles. The fraction of sp³-hybridized carbons (Fsp3) is 0.667. The van der Waals surface area contributed by atoms with Crippen molar-refractivity contribution in [2.75, 3.05) is 13.7 Å². The minimum Gasteiger partial charge on any atom is -0.402 e. The largest absolute Gasteiger partial charge is 0.402 e. The van der Waals surface area contributed by atoms with E-state index in [0.29, 0.717) is 12.4 Å². The topological polar surface area (TPSA) is 60.0 Å². The lowest BCUT2D eigenvalue weighted by atomic mass is 10.1. The first kappa shape index (κ1) is 14.8. The van der Waals surface area contributed by atoms with Crippen molar-refractivity contribution >= 4 is 12.6 Å². The van der Waals surface area contributed by atoms with E-state index < -0.39 is 0 Å². The van der Waals surface area contributed by atoms with E-state index >= 15 is 0 Å². The van der Waals surface area contributed by atoms with Crippen molar-refractivity contribution in [3.05, 3.63) is 11.3 Å². The lowest BCUT2D eigenvalue weighted by Gasteiger charge is -2.09. The average molecular weight is 225 g/mol. The van der Waals surface area contributed by atoms with Crippen LogP contribution in [0.15, 0.2) is 21.3 Å². The molecule has 0 aliphatic carbocycles. The minimum absolute atomic E-state index is 0.0647. The molecule has 92 valence electrons. The van der Waals surface area contributed by atoms with Crippen LogP contribution in [-0.2, 0) is 4.74 Å². The third-order valence-electron chi connectivity index (χ3n) is 2.24. The zero-order chi connectivity index (χ0) is 12.6. The van der Waals surface area contributed by atoms with Crippen molar-refractivity contribution in [1.82, 2.24) is 0 Å². The summed E-state index contributed by atoms with van der Waals surface area (Å²) in [4.78, 5) is 8.33. The number of hydrogen-bond donors (Lipinski definition) is 1. The Morgan fingerprint density at radius 3 is 2.56 bits per heavy atom. The summed E-state index contributed by atoms with van der Waals surface area (Å²) in [5, 5.41) is 0. The van der Waals surface area contributed by atoms with Crippen LogP contribution in [0.5, 0.6) is 0 Å². The van der Waals surface area contributed by atoms with Crippen molar-refractivity contribution in [3.63, 3.8) is 0 Å². The van der Waals surface area contributed by atoms with Crippen LogP contribution in [0.4, 0.5) is 0 Å². The highest BCUT2D eigenvalue weighted by Crippen LogP contribution is 2.09.